The number of rotatable bonds is 7. The molecule has 0 spiro atoms. The molecule has 0 atom stereocenters. The first-order valence-electron chi connectivity index (χ1n) is 9.33. The molecule has 2 heterocycles. The lowest BCUT2D eigenvalue weighted by atomic mass is 9.97. The normalized spacial score (nSPS) is 16.1. The number of piperidine rings is 1. The first kappa shape index (κ1) is 19.3. The monoisotopic (exact) mass is 349 g/mol. The predicted molar refractivity (Wildman–Crippen MR) is 98.5 cm³/mol. The van der Waals surface area contributed by atoms with Crippen molar-refractivity contribution in [2.45, 2.75) is 46.6 Å². The van der Waals surface area contributed by atoms with Crippen molar-refractivity contribution >= 4 is 11.9 Å². The first-order valence-corrected chi connectivity index (χ1v) is 9.33. The molecule has 0 radical (unpaired) electrons. The van der Waals surface area contributed by atoms with Gasteiger partial charge in [0.25, 0.3) is 0 Å². The zero-order valence-corrected chi connectivity index (χ0v) is 15.7. The summed E-state index contributed by atoms with van der Waals surface area (Å²) >= 11 is 0. The lowest BCUT2D eigenvalue weighted by Gasteiger charge is -2.33. The fraction of sp³-hybridized carbons (Fsp3) is 0.722. The number of hydrogen-bond donors (Lipinski definition) is 1. The lowest BCUT2D eigenvalue weighted by molar-refractivity contribution is -0.149. The number of guanidine groups is 1. The molecule has 0 saturated carbocycles. The second kappa shape index (κ2) is 10.1. The van der Waals surface area contributed by atoms with Crippen LogP contribution >= 0.6 is 0 Å². The summed E-state index contributed by atoms with van der Waals surface area (Å²) in [6, 6.07) is 0. The van der Waals surface area contributed by atoms with E-state index in [1.807, 2.05) is 24.7 Å². The number of nitrogens with one attached hydrogen (secondary N) is 1. The minimum atomic E-state index is -0.0568. The molecule has 0 bridgehead atoms. The Balaban J connectivity index is 1.80. The number of ether oxygens (including phenoxy) is 1. The molecular formula is C18H31N5O2. The Hall–Kier alpha value is -2.05. The Morgan fingerprint density at radius 3 is 2.76 bits per heavy atom. The van der Waals surface area contributed by atoms with E-state index in [1.165, 1.54) is 5.56 Å². The van der Waals surface area contributed by atoms with E-state index >= 15 is 0 Å². The smallest absolute Gasteiger partial charge is 0.309 e. The molecule has 1 fully saturated rings. The van der Waals surface area contributed by atoms with E-state index < -0.39 is 0 Å². The van der Waals surface area contributed by atoms with Gasteiger partial charge in [0.05, 0.1) is 18.7 Å². The van der Waals surface area contributed by atoms with Crippen LogP contribution in [-0.4, -0.2) is 59.4 Å². The maximum atomic E-state index is 11.9. The predicted octanol–water partition coefficient (Wildman–Crippen LogP) is 1.82. The largest absolute Gasteiger partial charge is 0.466 e. The number of nitrogens with zero attached hydrogens (tertiary/aromatic N) is 4. The highest BCUT2D eigenvalue weighted by Crippen LogP contribution is 2.18. The van der Waals surface area contributed by atoms with Crippen molar-refractivity contribution in [2.75, 3.05) is 32.8 Å². The first-order chi connectivity index (χ1) is 12.1. The molecule has 2 rings (SSSR count). The lowest BCUT2D eigenvalue weighted by Crippen LogP contribution is -2.46. The number of hydrogen-bond acceptors (Lipinski definition) is 4. The number of aliphatic imine (C=N–C) groups is 1. The van der Waals surface area contributed by atoms with Gasteiger partial charge in [0.1, 0.15) is 0 Å². The summed E-state index contributed by atoms with van der Waals surface area (Å²) in [5.41, 5.74) is 1.18. The zero-order chi connectivity index (χ0) is 18.1. The minimum absolute atomic E-state index is 0.0298. The van der Waals surface area contributed by atoms with Crippen LogP contribution in [0.3, 0.4) is 0 Å². The van der Waals surface area contributed by atoms with Gasteiger partial charge >= 0.3 is 5.97 Å². The van der Waals surface area contributed by atoms with Crippen LogP contribution in [0.4, 0.5) is 0 Å². The molecule has 1 aliphatic rings. The molecule has 0 aliphatic carbocycles. The SMILES string of the molecule is CCNC(=NCCCn1cc(C)cn1)N1CCC(C(=O)OCC)CC1. The van der Waals surface area contributed by atoms with E-state index in [9.17, 15) is 4.79 Å². The maximum Gasteiger partial charge on any atom is 0.309 e. The minimum Gasteiger partial charge on any atom is -0.466 e. The molecule has 140 valence electrons. The number of carbonyl (C=O) groups is 1. The summed E-state index contributed by atoms with van der Waals surface area (Å²) in [6.45, 7) is 10.6. The van der Waals surface area contributed by atoms with Gasteiger partial charge in [0, 0.05) is 38.9 Å². The molecule has 1 aliphatic heterocycles. The zero-order valence-electron chi connectivity index (χ0n) is 15.7. The van der Waals surface area contributed by atoms with Crippen LogP contribution in [-0.2, 0) is 16.1 Å². The van der Waals surface area contributed by atoms with Crippen molar-refractivity contribution in [1.29, 1.82) is 0 Å². The van der Waals surface area contributed by atoms with Gasteiger partial charge in [-0.05, 0) is 45.6 Å². The van der Waals surface area contributed by atoms with Crippen LogP contribution in [0.5, 0.6) is 0 Å². The number of likely N-dealkylation sites (tertiary alicyclic amines) is 1. The highest BCUT2D eigenvalue weighted by molar-refractivity contribution is 5.80. The van der Waals surface area contributed by atoms with Crippen LogP contribution in [0.2, 0.25) is 0 Å². The van der Waals surface area contributed by atoms with E-state index in [1.54, 1.807) is 0 Å². The third-order valence-corrected chi connectivity index (χ3v) is 4.32. The second-order valence-corrected chi connectivity index (χ2v) is 6.38. The van der Waals surface area contributed by atoms with Crippen LogP contribution < -0.4 is 5.32 Å². The van der Waals surface area contributed by atoms with Crippen LogP contribution in [0.15, 0.2) is 17.4 Å². The summed E-state index contributed by atoms with van der Waals surface area (Å²) in [6.07, 6.45) is 6.54. The molecule has 1 saturated heterocycles. The Kier molecular flexibility index (Phi) is 7.76. The quantitative estimate of drug-likeness (QED) is 0.352. The molecular weight excluding hydrogens is 318 g/mol. The standard InChI is InChI=1S/C18H31N5O2/c1-4-19-18(20-9-6-10-23-14-15(3)13-21-23)22-11-7-16(8-12-22)17(24)25-5-2/h13-14,16H,4-12H2,1-3H3,(H,19,20). The third kappa shape index (κ3) is 6.07. The molecule has 1 aromatic rings. The van der Waals surface area contributed by atoms with Gasteiger partial charge in [-0.25, -0.2) is 0 Å². The third-order valence-electron chi connectivity index (χ3n) is 4.32. The van der Waals surface area contributed by atoms with E-state index in [0.717, 1.165) is 57.9 Å². The summed E-state index contributed by atoms with van der Waals surface area (Å²) in [5, 5.41) is 7.66. The van der Waals surface area contributed by atoms with Crippen molar-refractivity contribution < 1.29 is 9.53 Å². The average Bonchev–Trinajstić information content (AvgIpc) is 3.03. The van der Waals surface area contributed by atoms with Crippen molar-refractivity contribution in [3.63, 3.8) is 0 Å². The number of esters is 1. The van der Waals surface area contributed by atoms with Gasteiger partial charge in [-0.3, -0.25) is 14.5 Å². The summed E-state index contributed by atoms with van der Waals surface area (Å²) in [5.74, 6) is 0.919. The second-order valence-electron chi connectivity index (χ2n) is 6.38. The van der Waals surface area contributed by atoms with Crippen LogP contribution in [0.1, 0.15) is 38.7 Å². The van der Waals surface area contributed by atoms with Crippen molar-refractivity contribution in [3.8, 4) is 0 Å². The summed E-state index contributed by atoms with van der Waals surface area (Å²) in [7, 11) is 0. The Morgan fingerprint density at radius 1 is 1.40 bits per heavy atom. The van der Waals surface area contributed by atoms with E-state index in [-0.39, 0.29) is 11.9 Å². The van der Waals surface area contributed by atoms with Gasteiger partial charge < -0.3 is 15.0 Å². The fourth-order valence-corrected chi connectivity index (χ4v) is 3.02. The maximum absolute atomic E-state index is 11.9. The highest BCUT2D eigenvalue weighted by Gasteiger charge is 2.27. The number of aryl methyl sites for hydroxylation is 2. The Labute approximate surface area is 150 Å². The summed E-state index contributed by atoms with van der Waals surface area (Å²) in [4.78, 5) is 18.8. The number of aromatic nitrogens is 2. The molecule has 0 amide bonds. The average molecular weight is 349 g/mol. The molecule has 0 unspecified atom stereocenters. The van der Waals surface area contributed by atoms with Crippen molar-refractivity contribution in [3.05, 3.63) is 18.0 Å². The van der Waals surface area contributed by atoms with E-state index in [0.29, 0.717) is 6.61 Å². The highest BCUT2D eigenvalue weighted by atomic mass is 16.5. The van der Waals surface area contributed by atoms with Crippen molar-refractivity contribution in [1.82, 2.24) is 20.0 Å². The molecule has 0 aromatic carbocycles. The number of carbonyl (C=O) groups excluding carboxylic acids is 1. The van der Waals surface area contributed by atoms with E-state index in [2.05, 4.69) is 28.4 Å². The van der Waals surface area contributed by atoms with Crippen molar-refractivity contribution in [2.24, 2.45) is 10.9 Å². The van der Waals surface area contributed by atoms with Crippen LogP contribution in [0.25, 0.3) is 0 Å². The molecule has 7 heteroatoms. The Morgan fingerprint density at radius 2 is 2.16 bits per heavy atom. The molecule has 7 nitrogen and oxygen atoms in total. The van der Waals surface area contributed by atoms with Gasteiger partial charge in [-0.2, -0.15) is 5.10 Å². The molecule has 25 heavy (non-hydrogen) atoms. The van der Waals surface area contributed by atoms with Gasteiger partial charge in [-0.1, -0.05) is 0 Å². The Bertz CT molecular complexity index is 562. The molecule has 1 N–H and O–H groups in total. The van der Waals surface area contributed by atoms with Gasteiger partial charge in [0.15, 0.2) is 5.96 Å². The fourth-order valence-electron chi connectivity index (χ4n) is 3.02. The summed E-state index contributed by atoms with van der Waals surface area (Å²) < 4.78 is 7.10. The van der Waals surface area contributed by atoms with Crippen LogP contribution in [0, 0.1) is 12.8 Å². The van der Waals surface area contributed by atoms with Gasteiger partial charge in [0.2, 0.25) is 0 Å². The topological polar surface area (TPSA) is 71.8 Å². The van der Waals surface area contributed by atoms with E-state index in [4.69, 9.17) is 9.73 Å². The van der Waals surface area contributed by atoms with Gasteiger partial charge in [-0.15, -0.1) is 0 Å². The molecule has 1 aromatic heterocycles.